The Labute approximate surface area is 154 Å². The Bertz CT molecular complexity index is 715. The average molecular weight is 359 g/mol. The summed E-state index contributed by atoms with van der Waals surface area (Å²) in [5.41, 5.74) is 0.960. The van der Waals surface area contributed by atoms with Crippen LogP contribution < -0.4 is 18.9 Å². The fraction of sp³-hybridized carbons (Fsp3) is 0.350. The standard InChI is InChI=1S/C20H25NO5/c1-5-21(13-15-6-11-18(24-3)19(12-15)25-4)20(22)14-26-17-9-7-16(23-2)8-10-17/h6-12H,5,13-14H2,1-4H3. The predicted octanol–water partition coefficient (Wildman–Crippen LogP) is 3.14. The molecule has 0 fully saturated rings. The summed E-state index contributed by atoms with van der Waals surface area (Å²) >= 11 is 0. The first-order chi connectivity index (χ1) is 12.6. The van der Waals surface area contributed by atoms with E-state index in [-0.39, 0.29) is 12.5 Å². The Balaban J connectivity index is 1.97. The number of methoxy groups -OCH3 is 3. The smallest absolute Gasteiger partial charge is 0.260 e. The minimum absolute atomic E-state index is 0.0204. The van der Waals surface area contributed by atoms with Crippen molar-refractivity contribution in [3.05, 3.63) is 48.0 Å². The lowest BCUT2D eigenvalue weighted by Crippen LogP contribution is -2.34. The SMILES string of the molecule is CCN(Cc1ccc(OC)c(OC)c1)C(=O)COc1ccc(OC)cc1. The zero-order valence-electron chi connectivity index (χ0n) is 15.7. The molecule has 0 aliphatic carbocycles. The molecule has 0 aromatic heterocycles. The van der Waals surface area contributed by atoms with Crippen molar-refractivity contribution in [3.63, 3.8) is 0 Å². The number of benzene rings is 2. The molecule has 0 saturated carbocycles. The van der Waals surface area contributed by atoms with Crippen molar-refractivity contribution >= 4 is 5.91 Å². The van der Waals surface area contributed by atoms with Crippen LogP contribution in [0.5, 0.6) is 23.0 Å². The highest BCUT2D eigenvalue weighted by molar-refractivity contribution is 5.77. The van der Waals surface area contributed by atoms with Crippen LogP contribution in [0, 0.1) is 0 Å². The Morgan fingerprint density at radius 1 is 0.885 bits per heavy atom. The summed E-state index contributed by atoms with van der Waals surface area (Å²) < 4.78 is 21.2. The molecule has 2 aromatic rings. The molecular weight excluding hydrogens is 334 g/mol. The molecule has 0 aliphatic rings. The van der Waals surface area contributed by atoms with Crippen LogP contribution in [0.1, 0.15) is 12.5 Å². The van der Waals surface area contributed by atoms with Crippen molar-refractivity contribution in [3.8, 4) is 23.0 Å². The van der Waals surface area contributed by atoms with Gasteiger partial charge in [0.25, 0.3) is 5.91 Å². The van der Waals surface area contributed by atoms with Crippen molar-refractivity contribution in [2.75, 3.05) is 34.5 Å². The predicted molar refractivity (Wildman–Crippen MR) is 99.1 cm³/mol. The fourth-order valence-corrected chi connectivity index (χ4v) is 2.48. The molecule has 6 heteroatoms. The first kappa shape index (κ1) is 19.4. The number of carbonyl (C=O) groups excluding carboxylic acids is 1. The molecule has 0 spiro atoms. The van der Waals surface area contributed by atoms with Crippen LogP contribution in [0.2, 0.25) is 0 Å². The zero-order valence-corrected chi connectivity index (χ0v) is 15.7. The molecule has 1 amide bonds. The molecule has 0 unspecified atom stereocenters. The zero-order chi connectivity index (χ0) is 18.9. The van der Waals surface area contributed by atoms with E-state index in [0.29, 0.717) is 30.3 Å². The van der Waals surface area contributed by atoms with Crippen molar-refractivity contribution in [1.29, 1.82) is 0 Å². The lowest BCUT2D eigenvalue weighted by molar-refractivity contribution is -0.133. The van der Waals surface area contributed by atoms with Crippen molar-refractivity contribution in [2.24, 2.45) is 0 Å². The van der Waals surface area contributed by atoms with Gasteiger partial charge in [-0.1, -0.05) is 6.07 Å². The molecule has 2 rings (SSSR count). The van der Waals surface area contributed by atoms with Gasteiger partial charge in [-0.25, -0.2) is 0 Å². The van der Waals surface area contributed by atoms with E-state index in [4.69, 9.17) is 18.9 Å². The van der Waals surface area contributed by atoms with Gasteiger partial charge in [-0.15, -0.1) is 0 Å². The third-order valence-corrected chi connectivity index (χ3v) is 3.98. The van der Waals surface area contributed by atoms with Gasteiger partial charge in [0.15, 0.2) is 18.1 Å². The lowest BCUT2D eigenvalue weighted by atomic mass is 10.2. The topological polar surface area (TPSA) is 57.2 Å². The molecule has 0 atom stereocenters. The fourth-order valence-electron chi connectivity index (χ4n) is 2.48. The molecule has 26 heavy (non-hydrogen) atoms. The van der Waals surface area contributed by atoms with Gasteiger partial charge in [0.05, 0.1) is 21.3 Å². The first-order valence-electron chi connectivity index (χ1n) is 8.36. The van der Waals surface area contributed by atoms with Gasteiger partial charge < -0.3 is 23.8 Å². The molecule has 0 saturated heterocycles. The summed E-state index contributed by atoms with van der Waals surface area (Å²) in [7, 11) is 4.79. The maximum atomic E-state index is 12.5. The van der Waals surface area contributed by atoms with Crippen molar-refractivity contribution < 1.29 is 23.7 Å². The number of ether oxygens (including phenoxy) is 4. The van der Waals surface area contributed by atoms with E-state index in [2.05, 4.69) is 0 Å². The van der Waals surface area contributed by atoms with Gasteiger partial charge in [0, 0.05) is 13.1 Å². The summed E-state index contributed by atoms with van der Waals surface area (Å²) in [6, 6.07) is 12.8. The Hall–Kier alpha value is -2.89. The highest BCUT2D eigenvalue weighted by atomic mass is 16.5. The van der Waals surface area contributed by atoms with Gasteiger partial charge in [0.1, 0.15) is 11.5 Å². The van der Waals surface area contributed by atoms with Gasteiger partial charge >= 0.3 is 0 Å². The minimum Gasteiger partial charge on any atom is -0.497 e. The van der Waals surface area contributed by atoms with E-state index < -0.39 is 0 Å². The molecule has 6 nitrogen and oxygen atoms in total. The molecule has 0 N–H and O–H groups in total. The normalized spacial score (nSPS) is 10.2. The third-order valence-electron chi connectivity index (χ3n) is 3.98. The highest BCUT2D eigenvalue weighted by Gasteiger charge is 2.14. The third kappa shape index (κ3) is 5.05. The molecule has 2 aromatic carbocycles. The monoisotopic (exact) mass is 359 g/mol. The van der Waals surface area contributed by atoms with Crippen LogP contribution in [0.25, 0.3) is 0 Å². The highest BCUT2D eigenvalue weighted by Crippen LogP contribution is 2.28. The van der Waals surface area contributed by atoms with Gasteiger partial charge in [-0.2, -0.15) is 0 Å². The van der Waals surface area contributed by atoms with Crippen LogP contribution in [-0.4, -0.2) is 45.3 Å². The largest absolute Gasteiger partial charge is 0.497 e. The van der Waals surface area contributed by atoms with Crippen LogP contribution in [-0.2, 0) is 11.3 Å². The van der Waals surface area contributed by atoms with E-state index in [0.717, 1.165) is 11.3 Å². The number of hydrogen-bond acceptors (Lipinski definition) is 5. The lowest BCUT2D eigenvalue weighted by Gasteiger charge is -2.21. The maximum absolute atomic E-state index is 12.5. The Morgan fingerprint density at radius 2 is 1.54 bits per heavy atom. The molecule has 140 valence electrons. The van der Waals surface area contributed by atoms with E-state index in [1.165, 1.54) is 0 Å². The van der Waals surface area contributed by atoms with E-state index in [1.54, 1.807) is 50.5 Å². The number of hydrogen-bond donors (Lipinski definition) is 0. The number of rotatable bonds is 9. The molecule has 0 radical (unpaired) electrons. The maximum Gasteiger partial charge on any atom is 0.260 e. The Morgan fingerprint density at radius 3 is 2.12 bits per heavy atom. The number of carbonyl (C=O) groups is 1. The second-order valence-electron chi connectivity index (χ2n) is 5.56. The first-order valence-corrected chi connectivity index (χ1v) is 8.36. The number of nitrogens with zero attached hydrogens (tertiary/aromatic N) is 1. The number of amides is 1. The summed E-state index contributed by atoms with van der Waals surface area (Å²) in [6.07, 6.45) is 0. The summed E-state index contributed by atoms with van der Waals surface area (Å²) in [5, 5.41) is 0. The van der Waals surface area contributed by atoms with E-state index in [1.807, 2.05) is 25.1 Å². The van der Waals surface area contributed by atoms with E-state index in [9.17, 15) is 4.79 Å². The molecule has 0 bridgehead atoms. The second kappa shape index (κ2) is 9.56. The van der Waals surface area contributed by atoms with Crippen molar-refractivity contribution in [1.82, 2.24) is 4.90 Å². The molecular formula is C20H25NO5. The van der Waals surface area contributed by atoms with Gasteiger partial charge in [-0.3, -0.25) is 4.79 Å². The summed E-state index contributed by atoms with van der Waals surface area (Å²) in [6.45, 7) is 2.97. The van der Waals surface area contributed by atoms with Crippen LogP contribution in [0.15, 0.2) is 42.5 Å². The molecule has 0 aliphatic heterocycles. The average Bonchev–Trinajstić information content (AvgIpc) is 2.70. The van der Waals surface area contributed by atoms with Gasteiger partial charge in [-0.05, 0) is 48.9 Å². The van der Waals surface area contributed by atoms with Crippen LogP contribution >= 0.6 is 0 Å². The summed E-state index contributed by atoms with van der Waals surface area (Å²) in [4.78, 5) is 14.2. The Kier molecular flexibility index (Phi) is 7.14. The van der Waals surface area contributed by atoms with Gasteiger partial charge in [0.2, 0.25) is 0 Å². The minimum atomic E-state index is -0.0851. The quantitative estimate of drug-likeness (QED) is 0.688. The molecule has 0 heterocycles. The van der Waals surface area contributed by atoms with Crippen LogP contribution in [0.3, 0.4) is 0 Å². The second-order valence-corrected chi connectivity index (χ2v) is 5.56. The van der Waals surface area contributed by atoms with E-state index >= 15 is 0 Å². The number of likely N-dealkylation sites (N-methyl/N-ethyl adjacent to an activating group) is 1. The summed E-state index contributed by atoms with van der Waals surface area (Å²) in [5.74, 6) is 2.59. The van der Waals surface area contributed by atoms with Crippen LogP contribution in [0.4, 0.5) is 0 Å². The van der Waals surface area contributed by atoms with Crippen molar-refractivity contribution in [2.45, 2.75) is 13.5 Å².